The zero-order valence-corrected chi connectivity index (χ0v) is 13.3. The third-order valence-corrected chi connectivity index (χ3v) is 3.87. The van der Waals surface area contributed by atoms with Gasteiger partial charge in [-0.15, -0.1) is 0 Å². The molecule has 122 valence electrons. The van der Waals surface area contributed by atoms with E-state index in [0.29, 0.717) is 22.3 Å². The molecule has 0 aliphatic carbocycles. The number of aromatic nitrogens is 3. The van der Waals surface area contributed by atoms with Gasteiger partial charge in [-0.1, -0.05) is 18.2 Å². The first-order valence-electron chi connectivity index (χ1n) is 7.37. The Hall–Kier alpha value is -3.22. The second-order valence-electron chi connectivity index (χ2n) is 5.46. The van der Waals surface area contributed by atoms with Crippen LogP contribution in [0.3, 0.4) is 0 Å². The van der Waals surface area contributed by atoms with Crippen molar-refractivity contribution in [2.45, 2.75) is 6.42 Å². The quantitative estimate of drug-likeness (QED) is 0.772. The zero-order valence-electron chi connectivity index (χ0n) is 13.3. The van der Waals surface area contributed by atoms with Crippen molar-refractivity contribution in [1.82, 2.24) is 14.1 Å². The molecular formula is C17H16N4O3. The van der Waals surface area contributed by atoms with Gasteiger partial charge in [-0.3, -0.25) is 18.7 Å². The van der Waals surface area contributed by atoms with Crippen molar-refractivity contribution in [3.05, 3.63) is 69.0 Å². The van der Waals surface area contributed by atoms with Gasteiger partial charge in [-0.05, 0) is 23.8 Å². The van der Waals surface area contributed by atoms with E-state index in [-0.39, 0.29) is 12.3 Å². The molecule has 7 nitrogen and oxygen atoms in total. The number of benzene rings is 1. The Morgan fingerprint density at radius 3 is 2.58 bits per heavy atom. The molecule has 0 radical (unpaired) electrons. The molecule has 7 heteroatoms. The molecule has 0 unspecified atom stereocenters. The number of amides is 1. The first-order chi connectivity index (χ1) is 11.5. The minimum absolute atomic E-state index is 0.0152. The third-order valence-electron chi connectivity index (χ3n) is 3.87. The van der Waals surface area contributed by atoms with E-state index in [0.717, 1.165) is 4.57 Å². The molecule has 1 amide bonds. The monoisotopic (exact) mass is 324 g/mol. The highest BCUT2D eigenvalue weighted by Gasteiger charge is 2.14. The molecule has 3 aromatic rings. The lowest BCUT2D eigenvalue weighted by molar-refractivity contribution is -0.115. The predicted octanol–water partition coefficient (Wildman–Crippen LogP) is 0.813. The largest absolute Gasteiger partial charge is 0.330 e. The van der Waals surface area contributed by atoms with Crippen LogP contribution in [0.2, 0.25) is 0 Å². The Labute approximate surface area is 137 Å². The second kappa shape index (κ2) is 6.11. The van der Waals surface area contributed by atoms with Crippen molar-refractivity contribution < 1.29 is 4.79 Å². The minimum atomic E-state index is -0.408. The standard InChI is InChI=1S/C17H16N4O3/c1-20-12-7-5-6-11(15(12)16(23)21(2)17(20)24)10-14(22)19-13-8-3-4-9-18-13/h3-9H,10H2,1-2H3,(H,18,19,22). The van der Waals surface area contributed by atoms with Gasteiger partial charge in [0.15, 0.2) is 0 Å². The average molecular weight is 324 g/mol. The molecule has 0 fully saturated rings. The number of hydrogen-bond donors (Lipinski definition) is 1. The number of carbonyl (C=O) groups is 1. The molecule has 0 saturated heterocycles. The summed E-state index contributed by atoms with van der Waals surface area (Å²) in [7, 11) is 3.02. The van der Waals surface area contributed by atoms with Gasteiger partial charge in [-0.2, -0.15) is 0 Å². The number of hydrogen-bond acceptors (Lipinski definition) is 4. The molecule has 2 aromatic heterocycles. The fraction of sp³-hybridized carbons (Fsp3) is 0.176. The highest BCUT2D eigenvalue weighted by atomic mass is 16.2. The van der Waals surface area contributed by atoms with Crippen molar-refractivity contribution in [2.75, 3.05) is 5.32 Å². The van der Waals surface area contributed by atoms with Crippen molar-refractivity contribution in [1.29, 1.82) is 0 Å². The molecule has 0 aliphatic heterocycles. The number of pyridine rings is 1. The molecule has 2 heterocycles. The molecule has 0 aliphatic rings. The van der Waals surface area contributed by atoms with Crippen LogP contribution >= 0.6 is 0 Å². The fourth-order valence-corrected chi connectivity index (χ4v) is 2.64. The van der Waals surface area contributed by atoms with E-state index in [2.05, 4.69) is 10.3 Å². The zero-order chi connectivity index (χ0) is 17.3. The molecule has 0 bridgehead atoms. The van der Waals surface area contributed by atoms with Crippen molar-refractivity contribution in [2.24, 2.45) is 14.1 Å². The third kappa shape index (κ3) is 2.71. The molecule has 0 saturated carbocycles. The smallest absolute Gasteiger partial charge is 0.310 e. The number of nitrogens with one attached hydrogen (secondary N) is 1. The van der Waals surface area contributed by atoms with Crippen LogP contribution in [0.15, 0.2) is 52.2 Å². The molecular weight excluding hydrogens is 308 g/mol. The summed E-state index contributed by atoms with van der Waals surface area (Å²) in [6.45, 7) is 0. The lowest BCUT2D eigenvalue weighted by atomic mass is 10.1. The van der Waals surface area contributed by atoms with Crippen molar-refractivity contribution >= 4 is 22.6 Å². The molecule has 1 aromatic carbocycles. The summed E-state index contributed by atoms with van der Waals surface area (Å²) in [5, 5.41) is 3.06. The molecule has 1 N–H and O–H groups in total. The van der Waals surface area contributed by atoms with E-state index in [1.54, 1.807) is 49.6 Å². The maximum Gasteiger partial charge on any atom is 0.330 e. The van der Waals surface area contributed by atoms with Gasteiger partial charge < -0.3 is 5.32 Å². The molecule has 0 atom stereocenters. The van der Waals surface area contributed by atoms with Crippen molar-refractivity contribution in [3.63, 3.8) is 0 Å². The number of rotatable bonds is 3. The maximum atomic E-state index is 12.5. The van der Waals surface area contributed by atoms with E-state index >= 15 is 0 Å². The fourth-order valence-electron chi connectivity index (χ4n) is 2.64. The Morgan fingerprint density at radius 2 is 1.88 bits per heavy atom. The summed E-state index contributed by atoms with van der Waals surface area (Å²) in [6, 6.07) is 10.3. The van der Waals surface area contributed by atoms with Crippen LogP contribution in [-0.2, 0) is 25.3 Å². The number of anilines is 1. The summed E-state index contributed by atoms with van der Waals surface area (Å²) in [5.41, 5.74) is 0.264. The molecule has 3 rings (SSSR count). The second-order valence-corrected chi connectivity index (χ2v) is 5.46. The summed E-state index contributed by atoms with van der Waals surface area (Å²) < 4.78 is 2.44. The topological polar surface area (TPSA) is 86.0 Å². The summed E-state index contributed by atoms with van der Waals surface area (Å²) >= 11 is 0. The number of nitrogens with zero attached hydrogens (tertiary/aromatic N) is 3. The molecule has 24 heavy (non-hydrogen) atoms. The van der Waals surface area contributed by atoms with Crippen LogP contribution in [0.4, 0.5) is 5.82 Å². The normalized spacial score (nSPS) is 10.8. The minimum Gasteiger partial charge on any atom is -0.310 e. The maximum absolute atomic E-state index is 12.5. The lowest BCUT2D eigenvalue weighted by Crippen LogP contribution is -2.37. The van der Waals surface area contributed by atoms with Gasteiger partial charge in [0.1, 0.15) is 5.82 Å². The van der Waals surface area contributed by atoms with Crippen LogP contribution in [-0.4, -0.2) is 20.0 Å². The van der Waals surface area contributed by atoms with Gasteiger partial charge >= 0.3 is 5.69 Å². The number of carbonyl (C=O) groups excluding carboxylic acids is 1. The average Bonchev–Trinajstić information content (AvgIpc) is 2.58. The van der Waals surface area contributed by atoms with Crippen LogP contribution in [0.5, 0.6) is 0 Å². The van der Waals surface area contributed by atoms with Crippen LogP contribution in [0.1, 0.15) is 5.56 Å². The molecule has 0 spiro atoms. The summed E-state index contributed by atoms with van der Waals surface area (Å²) in [4.78, 5) is 40.8. The first-order valence-corrected chi connectivity index (χ1v) is 7.37. The van der Waals surface area contributed by atoms with Gasteiger partial charge in [0.05, 0.1) is 17.3 Å². The van der Waals surface area contributed by atoms with Crippen molar-refractivity contribution in [3.8, 4) is 0 Å². The number of aryl methyl sites for hydroxylation is 1. The Kier molecular flexibility index (Phi) is 3.99. The Bertz CT molecular complexity index is 1040. The van der Waals surface area contributed by atoms with Gasteiger partial charge in [-0.25, -0.2) is 9.78 Å². The summed E-state index contributed by atoms with van der Waals surface area (Å²) in [5.74, 6) is 0.167. The summed E-state index contributed by atoms with van der Waals surface area (Å²) in [6.07, 6.45) is 1.60. The van der Waals surface area contributed by atoms with Gasteiger partial charge in [0.2, 0.25) is 5.91 Å². The highest BCUT2D eigenvalue weighted by molar-refractivity contribution is 5.94. The highest BCUT2D eigenvalue weighted by Crippen LogP contribution is 2.14. The number of fused-ring (bicyclic) bond motifs is 1. The predicted molar refractivity (Wildman–Crippen MR) is 91.0 cm³/mol. The van der Waals surface area contributed by atoms with E-state index in [4.69, 9.17) is 0 Å². The first kappa shape index (κ1) is 15.7. The van der Waals surface area contributed by atoms with E-state index in [9.17, 15) is 14.4 Å². The van der Waals surface area contributed by atoms with Crippen LogP contribution < -0.4 is 16.6 Å². The lowest BCUT2D eigenvalue weighted by Gasteiger charge is -2.11. The Morgan fingerprint density at radius 1 is 1.08 bits per heavy atom. The SMILES string of the molecule is Cn1c(=O)c2c(CC(=O)Nc3ccccn3)cccc2n(C)c1=O. The van der Waals surface area contributed by atoms with E-state index in [1.807, 2.05) is 0 Å². The van der Waals surface area contributed by atoms with Crippen LogP contribution in [0.25, 0.3) is 10.9 Å². The Balaban J connectivity index is 2.03. The van der Waals surface area contributed by atoms with Gasteiger partial charge in [0, 0.05) is 20.3 Å². The van der Waals surface area contributed by atoms with Crippen LogP contribution in [0, 0.1) is 0 Å². The van der Waals surface area contributed by atoms with E-state index < -0.39 is 11.2 Å². The van der Waals surface area contributed by atoms with Gasteiger partial charge in [0.25, 0.3) is 5.56 Å². The van der Waals surface area contributed by atoms with E-state index in [1.165, 1.54) is 11.6 Å².